The molecule has 1 heterocycles. The van der Waals surface area contributed by atoms with Crippen molar-refractivity contribution in [1.29, 1.82) is 0 Å². The third kappa shape index (κ3) is 1.53. The summed E-state index contributed by atoms with van der Waals surface area (Å²) in [5.41, 5.74) is -1.45. The summed E-state index contributed by atoms with van der Waals surface area (Å²) in [6.45, 7) is 2.66. The van der Waals surface area contributed by atoms with Crippen molar-refractivity contribution in [3.63, 3.8) is 0 Å². The zero-order valence-corrected chi connectivity index (χ0v) is 8.05. The second kappa shape index (κ2) is 3.02. The maximum absolute atomic E-state index is 11.2. The van der Waals surface area contributed by atoms with Gasteiger partial charge in [0.05, 0.1) is 5.75 Å². The first-order valence-electron chi connectivity index (χ1n) is 3.60. The molecule has 2 amide bonds. The maximum Gasteiger partial charge on any atom is 0.329 e. The van der Waals surface area contributed by atoms with E-state index in [-0.39, 0.29) is 5.75 Å². The number of carbonyl (C=O) groups excluding carboxylic acids is 2. The number of amides is 2. The number of imide groups is 1. The average Bonchev–Trinajstić information content (AvgIpc) is 2.30. The molecular formula is C7H9NO4S. The SMILES string of the molecule is CC(C)(C(=O)O)N1C(=O)CSC1=O. The Morgan fingerprint density at radius 3 is 2.38 bits per heavy atom. The van der Waals surface area contributed by atoms with Crippen molar-refractivity contribution in [2.75, 3.05) is 5.75 Å². The molecule has 0 spiro atoms. The molecule has 13 heavy (non-hydrogen) atoms. The summed E-state index contributed by atoms with van der Waals surface area (Å²) in [4.78, 5) is 33.8. The van der Waals surface area contributed by atoms with E-state index in [2.05, 4.69) is 0 Å². The first-order chi connectivity index (χ1) is 5.87. The van der Waals surface area contributed by atoms with Crippen molar-refractivity contribution in [3.05, 3.63) is 0 Å². The van der Waals surface area contributed by atoms with Gasteiger partial charge in [-0.25, -0.2) is 4.79 Å². The van der Waals surface area contributed by atoms with Crippen molar-refractivity contribution in [1.82, 2.24) is 4.90 Å². The number of aliphatic carboxylic acids is 1. The summed E-state index contributed by atoms with van der Waals surface area (Å²) in [5.74, 6) is -1.59. The van der Waals surface area contributed by atoms with Crippen LogP contribution in [0.3, 0.4) is 0 Å². The van der Waals surface area contributed by atoms with Gasteiger partial charge in [0.15, 0.2) is 0 Å². The molecule has 1 aliphatic heterocycles. The number of thioether (sulfide) groups is 1. The number of hydrogen-bond acceptors (Lipinski definition) is 4. The molecule has 5 nitrogen and oxygen atoms in total. The van der Waals surface area contributed by atoms with Crippen LogP contribution in [0, 0.1) is 0 Å². The van der Waals surface area contributed by atoms with E-state index in [0.29, 0.717) is 0 Å². The minimum absolute atomic E-state index is 0.0372. The fourth-order valence-electron chi connectivity index (χ4n) is 0.990. The van der Waals surface area contributed by atoms with E-state index >= 15 is 0 Å². The van der Waals surface area contributed by atoms with Crippen molar-refractivity contribution in [2.45, 2.75) is 19.4 Å². The molecule has 72 valence electrons. The van der Waals surface area contributed by atoms with E-state index in [1.54, 1.807) is 0 Å². The lowest BCUT2D eigenvalue weighted by molar-refractivity contribution is -0.151. The Kier molecular flexibility index (Phi) is 2.34. The predicted molar refractivity (Wildman–Crippen MR) is 46.4 cm³/mol. The van der Waals surface area contributed by atoms with Gasteiger partial charge in [0.2, 0.25) is 5.91 Å². The van der Waals surface area contributed by atoms with Crippen molar-refractivity contribution in [2.24, 2.45) is 0 Å². The molecule has 1 saturated heterocycles. The van der Waals surface area contributed by atoms with Gasteiger partial charge in [-0.2, -0.15) is 0 Å². The van der Waals surface area contributed by atoms with Gasteiger partial charge in [-0.05, 0) is 13.8 Å². The van der Waals surface area contributed by atoms with Crippen LogP contribution in [0.1, 0.15) is 13.8 Å². The standard InChI is InChI=1S/C7H9NO4S/c1-7(2,5(10)11)8-4(9)3-13-6(8)12/h3H2,1-2H3,(H,10,11). The summed E-state index contributed by atoms with van der Waals surface area (Å²) in [6.07, 6.45) is 0. The summed E-state index contributed by atoms with van der Waals surface area (Å²) < 4.78 is 0. The summed E-state index contributed by atoms with van der Waals surface area (Å²) in [7, 11) is 0. The first kappa shape index (κ1) is 10.0. The lowest BCUT2D eigenvalue weighted by Crippen LogP contribution is -2.52. The van der Waals surface area contributed by atoms with Gasteiger partial charge in [-0.15, -0.1) is 0 Å². The van der Waals surface area contributed by atoms with Crippen molar-refractivity contribution >= 4 is 28.9 Å². The normalized spacial score (nSPS) is 18.2. The minimum Gasteiger partial charge on any atom is -0.480 e. The number of carboxylic acids is 1. The molecule has 1 rings (SSSR count). The Balaban J connectivity index is 2.99. The second-order valence-corrected chi connectivity index (χ2v) is 4.07. The van der Waals surface area contributed by atoms with E-state index in [9.17, 15) is 14.4 Å². The van der Waals surface area contributed by atoms with Gasteiger partial charge in [-0.1, -0.05) is 11.8 Å². The van der Waals surface area contributed by atoms with Crippen LogP contribution in [-0.2, 0) is 9.59 Å². The zero-order valence-electron chi connectivity index (χ0n) is 7.23. The molecular weight excluding hydrogens is 194 g/mol. The van der Waals surface area contributed by atoms with Gasteiger partial charge >= 0.3 is 5.97 Å². The highest BCUT2D eigenvalue weighted by molar-refractivity contribution is 8.14. The van der Waals surface area contributed by atoms with Crippen molar-refractivity contribution in [3.8, 4) is 0 Å². The molecule has 1 N–H and O–H groups in total. The molecule has 0 aromatic heterocycles. The number of carbonyl (C=O) groups is 3. The van der Waals surface area contributed by atoms with Gasteiger partial charge < -0.3 is 5.11 Å². The zero-order chi connectivity index (χ0) is 10.2. The van der Waals surface area contributed by atoms with Crippen LogP contribution >= 0.6 is 11.8 Å². The lowest BCUT2D eigenvalue weighted by Gasteiger charge is -2.28. The largest absolute Gasteiger partial charge is 0.480 e. The van der Waals surface area contributed by atoms with Crippen LogP contribution in [0.2, 0.25) is 0 Å². The minimum atomic E-state index is -1.45. The van der Waals surface area contributed by atoms with Crippen molar-refractivity contribution < 1.29 is 19.5 Å². The number of rotatable bonds is 2. The predicted octanol–water partition coefficient (Wildman–Crippen LogP) is 0.545. The Morgan fingerprint density at radius 1 is 1.54 bits per heavy atom. The van der Waals surface area contributed by atoms with E-state index in [1.807, 2.05) is 0 Å². The lowest BCUT2D eigenvalue weighted by atomic mass is 10.0. The van der Waals surface area contributed by atoms with Crippen LogP contribution in [0.25, 0.3) is 0 Å². The molecule has 0 unspecified atom stereocenters. The third-order valence-corrected chi connectivity index (χ3v) is 2.65. The molecule has 0 aromatic carbocycles. The Hall–Kier alpha value is -1.04. The van der Waals surface area contributed by atoms with Crippen LogP contribution < -0.4 is 0 Å². The quantitative estimate of drug-likeness (QED) is 0.709. The van der Waals surface area contributed by atoms with E-state index < -0.39 is 22.7 Å². The third-order valence-electron chi connectivity index (χ3n) is 1.83. The highest BCUT2D eigenvalue weighted by Crippen LogP contribution is 2.27. The Labute approximate surface area is 79.1 Å². The first-order valence-corrected chi connectivity index (χ1v) is 4.59. The van der Waals surface area contributed by atoms with E-state index in [4.69, 9.17) is 5.11 Å². The monoisotopic (exact) mass is 203 g/mol. The molecule has 1 fully saturated rings. The molecule has 0 radical (unpaired) electrons. The Morgan fingerprint density at radius 2 is 2.08 bits per heavy atom. The van der Waals surface area contributed by atoms with Gasteiger partial charge in [-0.3, -0.25) is 14.5 Å². The highest BCUT2D eigenvalue weighted by Gasteiger charge is 2.45. The van der Waals surface area contributed by atoms with E-state index in [1.165, 1.54) is 13.8 Å². The molecule has 0 aromatic rings. The topological polar surface area (TPSA) is 74.7 Å². The Bertz CT molecular complexity index is 270. The highest BCUT2D eigenvalue weighted by atomic mass is 32.2. The van der Waals surface area contributed by atoms with Crippen LogP contribution in [0.15, 0.2) is 0 Å². The molecule has 0 bridgehead atoms. The number of hydrogen-bond donors (Lipinski definition) is 1. The van der Waals surface area contributed by atoms with Crippen LogP contribution in [-0.4, -0.2) is 38.4 Å². The fourth-order valence-corrected chi connectivity index (χ4v) is 1.83. The average molecular weight is 203 g/mol. The summed E-state index contributed by atoms with van der Waals surface area (Å²) in [6, 6.07) is 0. The fraction of sp³-hybridized carbons (Fsp3) is 0.571. The van der Waals surface area contributed by atoms with E-state index in [0.717, 1.165) is 16.7 Å². The summed E-state index contributed by atoms with van der Waals surface area (Å²) in [5, 5.41) is 8.29. The molecule has 6 heteroatoms. The smallest absolute Gasteiger partial charge is 0.329 e. The van der Waals surface area contributed by atoms with Crippen LogP contribution in [0.4, 0.5) is 4.79 Å². The number of nitrogens with zero attached hydrogens (tertiary/aromatic N) is 1. The second-order valence-electron chi connectivity index (χ2n) is 3.15. The molecule has 0 saturated carbocycles. The van der Waals surface area contributed by atoms with Gasteiger partial charge in [0.25, 0.3) is 5.24 Å². The number of carboxylic acid groups (broad SMARTS) is 1. The molecule has 1 aliphatic rings. The molecule has 0 aliphatic carbocycles. The van der Waals surface area contributed by atoms with Gasteiger partial charge in [0, 0.05) is 0 Å². The molecule has 0 atom stereocenters. The summed E-state index contributed by atoms with van der Waals surface area (Å²) >= 11 is 0.832. The van der Waals surface area contributed by atoms with Gasteiger partial charge in [0.1, 0.15) is 5.54 Å². The van der Waals surface area contributed by atoms with Crippen LogP contribution in [0.5, 0.6) is 0 Å². The maximum atomic E-state index is 11.2.